The first-order chi connectivity index (χ1) is 13.1. The third kappa shape index (κ3) is 6.18. The van der Waals surface area contributed by atoms with Crippen LogP contribution in [-0.2, 0) is 11.2 Å². The van der Waals surface area contributed by atoms with Crippen LogP contribution in [0.5, 0.6) is 17.2 Å². The van der Waals surface area contributed by atoms with Crippen LogP contribution < -0.4 is 19.5 Å². The minimum atomic E-state index is -0.0301. The number of anilines is 1. The summed E-state index contributed by atoms with van der Waals surface area (Å²) in [5, 5.41) is 2.90. The third-order valence-electron chi connectivity index (χ3n) is 4.33. The van der Waals surface area contributed by atoms with Crippen LogP contribution in [0.15, 0.2) is 42.5 Å². The number of para-hydroxylation sites is 2. The highest BCUT2D eigenvalue weighted by atomic mass is 16.5. The maximum Gasteiger partial charge on any atom is 0.225 e. The molecular formula is C21H28N2O4. The van der Waals surface area contributed by atoms with Crippen LogP contribution in [0.2, 0.25) is 0 Å². The van der Waals surface area contributed by atoms with Crippen molar-refractivity contribution in [2.24, 2.45) is 0 Å². The summed E-state index contributed by atoms with van der Waals surface area (Å²) in [5.74, 6) is 2.08. The Labute approximate surface area is 161 Å². The van der Waals surface area contributed by atoms with Gasteiger partial charge < -0.3 is 24.4 Å². The van der Waals surface area contributed by atoms with Gasteiger partial charge in [-0.3, -0.25) is 4.79 Å². The zero-order valence-electron chi connectivity index (χ0n) is 16.5. The highest BCUT2D eigenvalue weighted by Gasteiger charge is 2.09. The van der Waals surface area contributed by atoms with Crippen molar-refractivity contribution >= 4 is 11.6 Å². The van der Waals surface area contributed by atoms with Crippen LogP contribution in [0.3, 0.4) is 0 Å². The SMILES string of the molecule is COc1ccccc1NC(=O)CCN(C)CCc1ccc(OC)c(OC)c1. The van der Waals surface area contributed by atoms with E-state index in [1.807, 2.05) is 49.5 Å². The summed E-state index contributed by atoms with van der Waals surface area (Å²) in [7, 11) is 6.86. The molecule has 0 radical (unpaired) electrons. The van der Waals surface area contributed by atoms with Crippen LogP contribution in [0.4, 0.5) is 5.69 Å². The highest BCUT2D eigenvalue weighted by molar-refractivity contribution is 5.92. The first-order valence-electron chi connectivity index (χ1n) is 8.89. The molecule has 2 rings (SSSR count). The Morgan fingerprint density at radius 3 is 2.33 bits per heavy atom. The molecule has 0 atom stereocenters. The van der Waals surface area contributed by atoms with Gasteiger partial charge in [-0.1, -0.05) is 18.2 Å². The minimum Gasteiger partial charge on any atom is -0.495 e. The smallest absolute Gasteiger partial charge is 0.225 e. The second-order valence-corrected chi connectivity index (χ2v) is 6.24. The Morgan fingerprint density at radius 2 is 1.63 bits per heavy atom. The fourth-order valence-corrected chi connectivity index (χ4v) is 2.72. The molecule has 146 valence electrons. The fraction of sp³-hybridized carbons (Fsp3) is 0.381. The van der Waals surface area contributed by atoms with Gasteiger partial charge in [0.15, 0.2) is 11.5 Å². The van der Waals surface area contributed by atoms with Gasteiger partial charge in [-0.05, 0) is 43.3 Å². The highest BCUT2D eigenvalue weighted by Crippen LogP contribution is 2.27. The molecule has 0 aliphatic carbocycles. The van der Waals surface area contributed by atoms with E-state index < -0.39 is 0 Å². The molecule has 0 aliphatic heterocycles. The molecule has 1 amide bonds. The number of rotatable bonds is 10. The summed E-state index contributed by atoms with van der Waals surface area (Å²) in [5.41, 5.74) is 1.86. The first kappa shape index (κ1) is 20.6. The number of carbonyl (C=O) groups excluding carboxylic acids is 1. The topological polar surface area (TPSA) is 60.0 Å². The maximum absolute atomic E-state index is 12.2. The summed E-state index contributed by atoms with van der Waals surface area (Å²) in [6.45, 7) is 1.52. The molecule has 0 saturated carbocycles. The largest absolute Gasteiger partial charge is 0.495 e. The number of methoxy groups -OCH3 is 3. The molecule has 0 spiro atoms. The predicted octanol–water partition coefficient (Wildman–Crippen LogP) is 3.22. The molecule has 0 bridgehead atoms. The number of ether oxygens (including phenoxy) is 3. The molecule has 0 heterocycles. The van der Waals surface area contributed by atoms with Crippen LogP contribution in [-0.4, -0.2) is 52.3 Å². The molecule has 2 aromatic carbocycles. The summed E-state index contributed by atoms with van der Waals surface area (Å²) in [6, 6.07) is 13.3. The van der Waals surface area contributed by atoms with Gasteiger partial charge in [0.2, 0.25) is 5.91 Å². The van der Waals surface area contributed by atoms with Gasteiger partial charge in [-0.15, -0.1) is 0 Å². The normalized spacial score (nSPS) is 10.6. The van der Waals surface area contributed by atoms with E-state index in [0.717, 1.165) is 30.0 Å². The van der Waals surface area contributed by atoms with Crippen LogP contribution in [0.1, 0.15) is 12.0 Å². The number of nitrogens with one attached hydrogen (secondary N) is 1. The molecule has 0 aliphatic rings. The van der Waals surface area contributed by atoms with Crippen molar-refractivity contribution in [2.75, 3.05) is 46.8 Å². The van der Waals surface area contributed by atoms with Crippen molar-refractivity contribution in [3.8, 4) is 17.2 Å². The molecule has 0 aromatic heterocycles. The van der Waals surface area contributed by atoms with E-state index in [4.69, 9.17) is 14.2 Å². The lowest BCUT2D eigenvalue weighted by Gasteiger charge is -2.17. The van der Waals surface area contributed by atoms with Gasteiger partial charge in [0.05, 0.1) is 27.0 Å². The summed E-state index contributed by atoms with van der Waals surface area (Å²) < 4.78 is 15.8. The molecule has 6 nitrogen and oxygen atoms in total. The fourth-order valence-electron chi connectivity index (χ4n) is 2.72. The molecule has 0 fully saturated rings. The van der Waals surface area contributed by atoms with E-state index in [9.17, 15) is 4.79 Å². The number of nitrogens with zero attached hydrogens (tertiary/aromatic N) is 1. The third-order valence-corrected chi connectivity index (χ3v) is 4.33. The van der Waals surface area contributed by atoms with Gasteiger partial charge in [-0.2, -0.15) is 0 Å². The quantitative estimate of drug-likeness (QED) is 0.694. The van der Waals surface area contributed by atoms with Crippen molar-refractivity contribution in [1.29, 1.82) is 0 Å². The van der Waals surface area contributed by atoms with E-state index in [1.165, 1.54) is 0 Å². The molecular weight excluding hydrogens is 344 g/mol. The predicted molar refractivity (Wildman–Crippen MR) is 107 cm³/mol. The van der Waals surface area contributed by atoms with Gasteiger partial charge in [0.25, 0.3) is 0 Å². The number of hydrogen-bond donors (Lipinski definition) is 1. The molecule has 0 saturated heterocycles. The van der Waals surface area contributed by atoms with Crippen molar-refractivity contribution < 1.29 is 19.0 Å². The summed E-state index contributed by atoms with van der Waals surface area (Å²) >= 11 is 0. The lowest BCUT2D eigenvalue weighted by molar-refractivity contribution is -0.116. The average molecular weight is 372 g/mol. The number of benzene rings is 2. The Balaban J connectivity index is 1.79. The van der Waals surface area contributed by atoms with Crippen molar-refractivity contribution in [3.05, 3.63) is 48.0 Å². The Hall–Kier alpha value is -2.73. The second-order valence-electron chi connectivity index (χ2n) is 6.24. The number of likely N-dealkylation sites (N-methyl/N-ethyl adjacent to an activating group) is 1. The number of amides is 1. The van der Waals surface area contributed by atoms with Crippen LogP contribution in [0, 0.1) is 0 Å². The Bertz CT molecular complexity index is 749. The van der Waals surface area contributed by atoms with Crippen molar-refractivity contribution in [1.82, 2.24) is 4.90 Å². The van der Waals surface area contributed by atoms with Gasteiger partial charge in [0, 0.05) is 19.5 Å². The molecule has 27 heavy (non-hydrogen) atoms. The Morgan fingerprint density at radius 1 is 0.926 bits per heavy atom. The van der Waals surface area contributed by atoms with E-state index in [2.05, 4.69) is 10.2 Å². The Kier molecular flexibility index (Phi) is 7.95. The number of hydrogen-bond acceptors (Lipinski definition) is 5. The van der Waals surface area contributed by atoms with Gasteiger partial charge in [0.1, 0.15) is 5.75 Å². The zero-order valence-corrected chi connectivity index (χ0v) is 16.5. The standard InChI is InChI=1S/C21H28N2O4/c1-23(13-11-16-9-10-19(26-3)20(15-16)27-4)14-12-21(24)22-17-7-5-6-8-18(17)25-2/h5-10,15H,11-14H2,1-4H3,(H,22,24). The van der Waals surface area contributed by atoms with E-state index in [1.54, 1.807) is 21.3 Å². The lowest BCUT2D eigenvalue weighted by atomic mass is 10.1. The summed E-state index contributed by atoms with van der Waals surface area (Å²) in [4.78, 5) is 14.3. The average Bonchev–Trinajstić information content (AvgIpc) is 2.70. The molecule has 0 unspecified atom stereocenters. The van der Waals surface area contributed by atoms with E-state index >= 15 is 0 Å². The molecule has 2 aromatic rings. The van der Waals surface area contributed by atoms with E-state index in [-0.39, 0.29) is 5.91 Å². The van der Waals surface area contributed by atoms with Crippen molar-refractivity contribution in [2.45, 2.75) is 12.8 Å². The zero-order chi connectivity index (χ0) is 19.6. The maximum atomic E-state index is 12.2. The monoisotopic (exact) mass is 372 g/mol. The number of carbonyl (C=O) groups is 1. The molecule has 1 N–H and O–H groups in total. The van der Waals surface area contributed by atoms with Crippen LogP contribution in [0.25, 0.3) is 0 Å². The van der Waals surface area contributed by atoms with Gasteiger partial charge >= 0.3 is 0 Å². The molecule has 6 heteroatoms. The van der Waals surface area contributed by atoms with E-state index in [0.29, 0.717) is 24.4 Å². The van der Waals surface area contributed by atoms with Crippen LogP contribution >= 0.6 is 0 Å². The second kappa shape index (κ2) is 10.4. The van der Waals surface area contributed by atoms with Crippen molar-refractivity contribution in [3.63, 3.8) is 0 Å². The lowest BCUT2D eigenvalue weighted by Crippen LogP contribution is -2.26. The minimum absolute atomic E-state index is 0.0301. The van der Waals surface area contributed by atoms with Gasteiger partial charge in [-0.25, -0.2) is 0 Å². The summed E-state index contributed by atoms with van der Waals surface area (Å²) in [6.07, 6.45) is 1.28. The first-order valence-corrected chi connectivity index (χ1v) is 8.89.